The van der Waals surface area contributed by atoms with Crippen molar-refractivity contribution >= 4 is 68.0 Å². The van der Waals surface area contributed by atoms with Crippen LogP contribution in [0.15, 0.2) is 0 Å². The van der Waals surface area contributed by atoms with Crippen molar-refractivity contribution < 1.29 is 18.1 Å². The van der Waals surface area contributed by atoms with Crippen LogP contribution in [0.25, 0.3) is 0 Å². The van der Waals surface area contributed by atoms with E-state index >= 15 is 0 Å². The molecule has 0 bridgehead atoms. The molecule has 0 N–H and O–H groups in total. The largest absolute Gasteiger partial charge is 0.333 e. The fourth-order valence-electron chi connectivity index (χ4n) is 1.55. The predicted molar refractivity (Wildman–Crippen MR) is 117 cm³/mol. The molecule has 0 aromatic heterocycles. The Morgan fingerprint density at radius 1 is 0.652 bits per heavy atom. The minimum absolute atomic E-state index is 0.860. The van der Waals surface area contributed by atoms with E-state index in [1.165, 1.54) is 0 Å². The van der Waals surface area contributed by atoms with Gasteiger partial charge >= 0.3 is 0 Å². The molecule has 11 heteroatoms. The van der Waals surface area contributed by atoms with Crippen molar-refractivity contribution in [2.75, 3.05) is 52.3 Å². The molecular formula is C12H28O4P2S5. The summed E-state index contributed by atoms with van der Waals surface area (Å²) in [4.78, 5) is 0. The van der Waals surface area contributed by atoms with Gasteiger partial charge in [0.05, 0.1) is 0 Å². The Bertz CT molecular complexity index is 336. The van der Waals surface area contributed by atoms with Crippen LogP contribution in [0.3, 0.4) is 0 Å². The number of hydrogen-bond acceptors (Lipinski definition) is 9. The molecule has 0 spiro atoms. The molecule has 0 saturated heterocycles. The number of unbranched alkanes of at least 4 members (excludes halogenated alkanes) is 2. The summed E-state index contributed by atoms with van der Waals surface area (Å²) in [6.07, 6.45) is 6.14. The van der Waals surface area contributed by atoms with E-state index in [0.29, 0.717) is 0 Å². The highest BCUT2D eigenvalue weighted by atomic mass is 33.5. The lowest BCUT2D eigenvalue weighted by Gasteiger charge is -2.17. The summed E-state index contributed by atoms with van der Waals surface area (Å²) in [5.74, 6) is 2.27. The van der Waals surface area contributed by atoms with Crippen LogP contribution in [0.4, 0.5) is 0 Å². The minimum atomic E-state index is -1.99. The van der Waals surface area contributed by atoms with Gasteiger partial charge in [-0.05, 0) is 59.1 Å². The summed E-state index contributed by atoms with van der Waals surface area (Å²) < 4.78 is 21.1. The lowest BCUT2D eigenvalue weighted by Crippen LogP contribution is -1.95. The summed E-state index contributed by atoms with van der Waals surface area (Å²) in [6.45, 7) is -3.98. The highest BCUT2D eigenvalue weighted by Crippen LogP contribution is 2.48. The summed E-state index contributed by atoms with van der Waals surface area (Å²) in [7, 11) is 12.2. The molecular weight excluding hydrogens is 430 g/mol. The quantitative estimate of drug-likeness (QED) is 0.162. The summed E-state index contributed by atoms with van der Waals surface area (Å²) >= 11 is 10.7. The topological polar surface area (TPSA) is 36.9 Å². The molecule has 0 aromatic rings. The average molecular weight is 459 g/mol. The van der Waals surface area contributed by atoms with Crippen molar-refractivity contribution in [3.63, 3.8) is 0 Å². The van der Waals surface area contributed by atoms with Crippen LogP contribution in [0, 0.1) is 0 Å². The fraction of sp³-hybridized carbons (Fsp3) is 1.00. The van der Waals surface area contributed by atoms with Gasteiger partial charge in [0.25, 0.3) is 0 Å². The molecule has 0 aliphatic rings. The molecule has 0 aliphatic heterocycles. The van der Waals surface area contributed by atoms with Gasteiger partial charge in [-0.25, -0.2) is 0 Å². The number of rotatable bonds is 16. The summed E-state index contributed by atoms with van der Waals surface area (Å²) in [5.41, 5.74) is 0. The molecule has 0 atom stereocenters. The highest BCUT2D eigenvalue weighted by molar-refractivity contribution is 9.09. The Kier molecular flexibility index (Phi) is 16.7. The van der Waals surface area contributed by atoms with Crippen LogP contribution >= 0.6 is 44.4 Å². The highest BCUT2D eigenvalue weighted by Gasteiger charge is 2.14. The molecule has 0 radical (unpaired) electrons. The Balaban J connectivity index is 3.41. The maximum absolute atomic E-state index is 5.34. The smallest absolute Gasteiger partial charge is 0.188 e. The third-order valence-corrected chi connectivity index (χ3v) is 14.3. The van der Waals surface area contributed by atoms with E-state index in [9.17, 15) is 0 Å². The predicted octanol–water partition coefficient (Wildman–Crippen LogP) is 5.78. The van der Waals surface area contributed by atoms with E-state index in [1.807, 2.05) is 31.4 Å². The van der Waals surface area contributed by atoms with Gasteiger partial charge in [0.15, 0.2) is 13.0 Å². The fourth-order valence-corrected chi connectivity index (χ4v) is 8.58. The first-order valence-corrected chi connectivity index (χ1v) is 16.7. The third kappa shape index (κ3) is 13.1. The van der Waals surface area contributed by atoms with Crippen molar-refractivity contribution in [3.05, 3.63) is 0 Å². The van der Waals surface area contributed by atoms with Crippen molar-refractivity contribution in [2.24, 2.45) is 0 Å². The molecule has 0 unspecified atom stereocenters. The van der Waals surface area contributed by atoms with Crippen molar-refractivity contribution in [1.29, 1.82) is 0 Å². The van der Waals surface area contributed by atoms with Gasteiger partial charge in [-0.3, -0.25) is 0 Å². The van der Waals surface area contributed by atoms with Gasteiger partial charge in [0.2, 0.25) is 0 Å². The van der Waals surface area contributed by atoms with E-state index in [0.717, 1.165) is 49.5 Å². The van der Waals surface area contributed by atoms with Gasteiger partial charge in [-0.15, -0.1) is 0 Å². The van der Waals surface area contributed by atoms with E-state index in [4.69, 9.17) is 41.7 Å². The first-order valence-electron chi connectivity index (χ1n) is 7.27. The van der Waals surface area contributed by atoms with Crippen molar-refractivity contribution in [1.82, 2.24) is 0 Å². The second-order valence-corrected chi connectivity index (χ2v) is 17.1. The third-order valence-electron chi connectivity index (χ3n) is 3.03. The number of hydrogen-bond donors (Lipinski definition) is 0. The summed E-state index contributed by atoms with van der Waals surface area (Å²) in [6, 6.07) is 0. The Morgan fingerprint density at radius 3 is 1.30 bits per heavy atom. The SMILES string of the molecule is COP(=S)(CCCCSSSCCCCP(=S)(OC)OC)OC. The second-order valence-electron chi connectivity index (χ2n) is 4.53. The maximum Gasteiger partial charge on any atom is 0.188 e. The van der Waals surface area contributed by atoms with Crippen LogP contribution in [-0.4, -0.2) is 52.3 Å². The zero-order chi connectivity index (χ0) is 17.6. The van der Waals surface area contributed by atoms with Crippen LogP contribution in [-0.2, 0) is 41.7 Å². The van der Waals surface area contributed by atoms with E-state index < -0.39 is 13.0 Å². The van der Waals surface area contributed by atoms with Gasteiger partial charge in [0, 0.05) is 52.3 Å². The van der Waals surface area contributed by atoms with Gasteiger partial charge in [-0.1, -0.05) is 21.6 Å². The van der Waals surface area contributed by atoms with E-state index in [-0.39, 0.29) is 0 Å². The van der Waals surface area contributed by atoms with E-state index in [2.05, 4.69) is 0 Å². The molecule has 0 fully saturated rings. The van der Waals surface area contributed by atoms with Crippen LogP contribution in [0.1, 0.15) is 25.7 Å². The molecule has 0 rings (SSSR count). The Morgan fingerprint density at radius 2 is 1.00 bits per heavy atom. The summed E-state index contributed by atoms with van der Waals surface area (Å²) in [5, 5.41) is 0. The molecule has 0 amide bonds. The Labute approximate surface area is 163 Å². The molecule has 0 heterocycles. The molecule has 0 aromatic carbocycles. The second kappa shape index (κ2) is 15.3. The molecule has 0 saturated carbocycles. The zero-order valence-corrected chi connectivity index (χ0v) is 20.1. The van der Waals surface area contributed by atoms with Crippen molar-refractivity contribution in [3.8, 4) is 0 Å². The molecule has 0 aliphatic carbocycles. The minimum Gasteiger partial charge on any atom is -0.333 e. The maximum atomic E-state index is 5.34. The molecule has 23 heavy (non-hydrogen) atoms. The van der Waals surface area contributed by atoms with E-state index in [1.54, 1.807) is 28.4 Å². The lowest BCUT2D eigenvalue weighted by molar-refractivity contribution is 0.336. The van der Waals surface area contributed by atoms with Crippen LogP contribution in [0.5, 0.6) is 0 Å². The first-order chi connectivity index (χ1) is 10.9. The average Bonchev–Trinajstić information content (AvgIpc) is 2.59. The van der Waals surface area contributed by atoms with Crippen molar-refractivity contribution in [2.45, 2.75) is 25.7 Å². The first kappa shape index (κ1) is 25.2. The van der Waals surface area contributed by atoms with Gasteiger partial charge in [0.1, 0.15) is 0 Å². The van der Waals surface area contributed by atoms with Crippen LogP contribution in [0.2, 0.25) is 0 Å². The van der Waals surface area contributed by atoms with Crippen LogP contribution < -0.4 is 0 Å². The lowest BCUT2D eigenvalue weighted by atomic mass is 10.4. The monoisotopic (exact) mass is 458 g/mol. The Hall–Kier alpha value is 2.19. The standard InChI is InChI=1S/C12H28O4P2S5/c1-13-17(19,14-2)9-5-7-11-21-23-22-12-8-6-10-18(20,15-3)16-4/h5-12H2,1-4H3. The normalized spacial score (nSPS) is 12.7. The molecule has 4 nitrogen and oxygen atoms in total. The zero-order valence-electron chi connectivity index (χ0n) is 14.2. The molecule has 140 valence electrons. The van der Waals surface area contributed by atoms with Gasteiger partial charge in [-0.2, -0.15) is 0 Å². The van der Waals surface area contributed by atoms with Gasteiger partial charge < -0.3 is 18.1 Å².